The molecular formula is C15H14N2O2. The van der Waals surface area contributed by atoms with E-state index in [2.05, 4.69) is 4.98 Å². The zero-order valence-electron chi connectivity index (χ0n) is 10.6. The van der Waals surface area contributed by atoms with Gasteiger partial charge in [-0.15, -0.1) is 0 Å². The summed E-state index contributed by atoms with van der Waals surface area (Å²) in [5.74, 6) is 1.32. The molecule has 0 saturated heterocycles. The maximum absolute atomic E-state index is 5.64. The summed E-state index contributed by atoms with van der Waals surface area (Å²) in [6.45, 7) is 2.63. The topological polar surface area (TPSA) is 61.3 Å². The van der Waals surface area contributed by atoms with E-state index in [0.29, 0.717) is 12.4 Å². The van der Waals surface area contributed by atoms with E-state index in [4.69, 9.17) is 14.9 Å². The Bertz CT molecular complexity index is 702. The third-order valence-electron chi connectivity index (χ3n) is 2.96. The third kappa shape index (κ3) is 2.12. The van der Waals surface area contributed by atoms with Crippen molar-refractivity contribution in [1.29, 1.82) is 0 Å². The summed E-state index contributed by atoms with van der Waals surface area (Å²) >= 11 is 0. The molecule has 0 amide bonds. The zero-order valence-corrected chi connectivity index (χ0v) is 10.6. The van der Waals surface area contributed by atoms with Crippen LogP contribution in [0.3, 0.4) is 0 Å². The van der Waals surface area contributed by atoms with Gasteiger partial charge in [-0.25, -0.2) is 4.98 Å². The van der Waals surface area contributed by atoms with Gasteiger partial charge in [0, 0.05) is 23.2 Å². The van der Waals surface area contributed by atoms with Crippen molar-refractivity contribution < 1.29 is 9.15 Å². The fourth-order valence-electron chi connectivity index (χ4n) is 2.06. The highest BCUT2D eigenvalue weighted by Crippen LogP contribution is 2.31. The van der Waals surface area contributed by atoms with Gasteiger partial charge in [-0.05, 0) is 24.6 Å². The van der Waals surface area contributed by atoms with Crippen molar-refractivity contribution >= 4 is 16.8 Å². The standard InChI is InChI=1S/C15H14N2O2/c1-2-18-11-5-3-10(4-6-11)13-9-19-14-7-15(16)17-8-12(13)14/h3-9H,2H2,1H3,(H2,16,17). The predicted molar refractivity (Wildman–Crippen MR) is 75.0 cm³/mol. The van der Waals surface area contributed by atoms with Crippen molar-refractivity contribution in [2.75, 3.05) is 12.3 Å². The molecule has 2 heterocycles. The first-order chi connectivity index (χ1) is 9.28. The molecule has 0 atom stereocenters. The highest BCUT2D eigenvalue weighted by Gasteiger charge is 2.09. The summed E-state index contributed by atoms with van der Waals surface area (Å²) in [5, 5.41) is 0.957. The number of hydrogen-bond acceptors (Lipinski definition) is 4. The second-order valence-electron chi connectivity index (χ2n) is 4.21. The van der Waals surface area contributed by atoms with E-state index in [0.717, 1.165) is 27.8 Å². The fourth-order valence-corrected chi connectivity index (χ4v) is 2.06. The second-order valence-corrected chi connectivity index (χ2v) is 4.21. The molecule has 0 unspecified atom stereocenters. The maximum Gasteiger partial charge on any atom is 0.139 e. The minimum absolute atomic E-state index is 0.458. The molecule has 1 aromatic carbocycles. The number of rotatable bonds is 3. The van der Waals surface area contributed by atoms with Gasteiger partial charge in [0.05, 0.1) is 12.9 Å². The molecule has 3 aromatic rings. The summed E-state index contributed by atoms with van der Waals surface area (Å²) in [6, 6.07) is 9.63. The van der Waals surface area contributed by atoms with Gasteiger partial charge in [-0.1, -0.05) is 12.1 Å². The molecule has 0 radical (unpaired) electrons. The van der Waals surface area contributed by atoms with Crippen LogP contribution < -0.4 is 10.5 Å². The number of hydrogen-bond donors (Lipinski definition) is 1. The first kappa shape index (κ1) is 11.6. The van der Waals surface area contributed by atoms with E-state index >= 15 is 0 Å². The molecule has 0 saturated carbocycles. The molecule has 4 nitrogen and oxygen atoms in total. The van der Waals surface area contributed by atoms with Crippen molar-refractivity contribution in [2.24, 2.45) is 0 Å². The minimum atomic E-state index is 0.458. The summed E-state index contributed by atoms with van der Waals surface area (Å²) in [6.07, 6.45) is 3.46. The highest BCUT2D eigenvalue weighted by atomic mass is 16.5. The van der Waals surface area contributed by atoms with Crippen LogP contribution in [0.1, 0.15) is 6.92 Å². The van der Waals surface area contributed by atoms with Crippen molar-refractivity contribution in [3.05, 3.63) is 42.8 Å². The van der Waals surface area contributed by atoms with Crippen LogP contribution in [0.2, 0.25) is 0 Å². The normalized spacial score (nSPS) is 10.8. The Morgan fingerprint density at radius 3 is 2.79 bits per heavy atom. The van der Waals surface area contributed by atoms with Crippen molar-refractivity contribution in [2.45, 2.75) is 6.92 Å². The van der Waals surface area contributed by atoms with Crippen LogP contribution in [0.4, 0.5) is 5.82 Å². The van der Waals surface area contributed by atoms with Gasteiger partial charge < -0.3 is 14.9 Å². The first-order valence-corrected chi connectivity index (χ1v) is 6.14. The molecule has 0 bridgehead atoms. The van der Waals surface area contributed by atoms with Crippen LogP contribution >= 0.6 is 0 Å². The summed E-state index contributed by atoms with van der Waals surface area (Å²) in [7, 11) is 0. The summed E-state index contributed by atoms with van der Waals surface area (Å²) < 4.78 is 10.9. The molecule has 0 spiro atoms. The molecule has 0 aliphatic heterocycles. The molecule has 3 rings (SSSR count). The van der Waals surface area contributed by atoms with Gasteiger partial charge >= 0.3 is 0 Å². The molecular weight excluding hydrogens is 240 g/mol. The summed E-state index contributed by atoms with van der Waals surface area (Å²) in [5.41, 5.74) is 8.45. The Morgan fingerprint density at radius 1 is 1.26 bits per heavy atom. The van der Waals surface area contributed by atoms with Gasteiger partial charge in [-0.3, -0.25) is 0 Å². The van der Waals surface area contributed by atoms with Gasteiger partial charge in [0.1, 0.15) is 17.2 Å². The molecule has 19 heavy (non-hydrogen) atoms. The van der Waals surface area contributed by atoms with Crippen LogP contribution in [-0.4, -0.2) is 11.6 Å². The quantitative estimate of drug-likeness (QED) is 0.777. The number of fused-ring (bicyclic) bond motifs is 1. The molecule has 4 heteroatoms. The Morgan fingerprint density at radius 2 is 2.05 bits per heavy atom. The monoisotopic (exact) mass is 254 g/mol. The van der Waals surface area contributed by atoms with Gasteiger partial charge in [0.2, 0.25) is 0 Å². The lowest BCUT2D eigenvalue weighted by molar-refractivity contribution is 0.340. The predicted octanol–water partition coefficient (Wildman–Crippen LogP) is 3.48. The average molecular weight is 254 g/mol. The largest absolute Gasteiger partial charge is 0.494 e. The Balaban J connectivity index is 2.04. The molecule has 96 valence electrons. The van der Waals surface area contributed by atoms with E-state index in [9.17, 15) is 0 Å². The third-order valence-corrected chi connectivity index (χ3v) is 2.96. The van der Waals surface area contributed by atoms with Gasteiger partial charge in [0.15, 0.2) is 0 Å². The van der Waals surface area contributed by atoms with Crippen LogP contribution in [0.15, 0.2) is 47.2 Å². The van der Waals surface area contributed by atoms with E-state index in [1.807, 2.05) is 31.2 Å². The van der Waals surface area contributed by atoms with E-state index in [1.54, 1.807) is 18.5 Å². The lowest BCUT2D eigenvalue weighted by atomic mass is 10.1. The van der Waals surface area contributed by atoms with Crippen molar-refractivity contribution in [3.8, 4) is 16.9 Å². The lowest BCUT2D eigenvalue weighted by Gasteiger charge is -2.03. The van der Waals surface area contributed by atoms with Crippen LogP contribution in [0, 0.1) is 0 Å². The SMILES string of the molecule is CCOc1ccc(-c2coc3cc(N)ncc23)cc1. The van der Waals surface area contributed by atoms with Crippen molar-refractivity contribution in [3.63, 3.8) is 0 Å². The zero-order chi connectivity index (χ0) is 13.2. The number of benzene rings is 1. The average Bonchev–Trinajstić information content (AvgIpc) is 2.83. The van der Waals surface area contributed by atoms with Crippen molar-refractivity contribution in [1.82, 2.24) is 4.98 Å². The van der Waals surface area contributed by atoms with E-state index < -0.39 is 0 Å². The molecule has 0 fully saturated rings. The Kier molecular flexibility index (Phi) is 2.83. The number of furan rings is 1. The second kappa shape index (κ2) is 4.65. The van der Waals surface area contributed by atoms with Crippen LogP contribution in [-0.2, 0) is 0 Å². The van der Waals surface area contributed by atoms with Crippen LogP contribution in [0.25, 0.3) is 22.1 Å². The number of nitrogen functional groups attached to an aromatic ring is 1. The smallest absolute Gasteiger partial charge is 0.139 e. The van der Waals surface area contributed by atoms with Crippen LogP contribution in [0.5, 0.6) is 5.75 Å². The van der Waals surface area contributed by atoms with Gasteiger partial charge in [-0.2, -0.15) is 0 Å². The molecule has 0 aliphatic carbocycles. The molecule has 2 aromatic heterocycles. The number of aromatic nitrogens is 1. The Hall–Kier alpha value is -2.49. The highest BCUT2D eigenvalue weighted by molar-refractivity contribution is 5.94. The minimum Gasteiger partial charge on any atom is -0.494 e. The molecule has 0 aliphatic rings. The number of nitrogens with two attached hydrogens (primary N) is 1. The number of anilines is 1. The fraction of sp³-hybridized carbons (Fsp3) is 0.133. The lowest BCUT2D eigenvalue weighted by Crippen LogP contribution is -1.90. The number of nitrogens with zero attached hydrogens (tertiary/aromatic N) is 1. The Labute approximate surface area is 110 Å². The van der Waals surface area contributed by atoms with E-state index in [-0.39, 0.29) is 0 Å². The first-order valence-electron chi connectivity index (χ1n) is 6.14. The summed E-state index contributed by atoms with van der Waals surface area (Å²) in [4.78, 5) is 4.11. The van der Waals surface area contributed by atoms with E-state index in [1.165, 1.54) is 0 Å². The molecule has 2 N–H and O–H groups in total. The maximum atomic E-state index is 5.64. The number of ether oxygens (including phenoxy) is 1. The van der Waals surface area contributed by atoms with Gasteiger partial charge in [0.25, 0.3) is 0 Å². The number of pyridine rings is 1.